The van der Waals surface area contributed by atoms with Crippen LogP contribution in [0.15, 0.2) is 18.5 Å². The molecule has 2 aromatic rings. The summed E-state index contributed by atoms with van der Waals surface area (Å²) in [5, 5.41) is 12.4. The van der Waals surface area contributed by atoms with E-state index in [1.165, 1.54) is 11.1 Å². The summed E-state index contributed by atoms with van der Waals surface area (Å²) in [5.74, 6) is 0. The molecular weight excluding hydrogens is 247 g/mol. The largest absolute Gasteiger partial charge is 0.225 e. The summed E-state index contributed by atoms with van der Waals surface area (Å²) in [4.78, 5) is 0. The van der Waals surface area contributed by atoms with Gasteiger partial charge in [0, 0.05) is 0 Å². The minimum atomic E-state index is 0.180. The zero-order valence-corrected chi connectivity index (χ0v) is 9.78. The summed E-state index contributed by atoms with van der Waals surface area (Å²) in [5.41, 5.74) is 2.40. The Morgan fingerprint density at radius 2 is 2.06 bits per heavy atom. The van der Waals surface area contributed by atoms with E-state index in [0.29, 0.717) is 10.0 Å². The molecule has 1 unspecified atom stereocenters. The molecule has 0 amide bonds. The van der Waals surface area contributed by atoms with Crippen molar-refractivity contribution in [3.8, 4) is 0 Å². The van der Waals surface area contributed by atoms with Crippen LogP contribution in [0.4, 0.5) is 0 Å². The maximum Gasteiger partial charge on any atom is 0.138 e. The van der Waals surface area contributed by atoms with Crippen molar-refractivity contribution in [1.29, 1.82) is 0 Å². The fraction of sp³-hybridized carbons (Fsp3) is 0.300. The van der Waals surface area contributed by atoms with Crippen LogP contribution in [0.2, 0.25) is 10.0 Å². The topological polar surface area (TPSA) is 43.6 Å². The minimum Gasteiger partial charge on any atom is -0.225 e. The molecule has 0 spiro atoms. The lowest BCUT2D eigenvalue weighted by Crippen LogP contribution is -2.08. The number of halogens is 2. The van der Waals surface area contributed by atoms with E-state index in [4.69, 9.17) is 23.2 Å². The fourth-order valence-electron chi connectivity index (χ4n) is 2.16. The molecule has 0 aliphatic heterocycles. The van der Waals surface area contributed by atoms with Gasteiger partial charge in [-0.3, -0.25) is 0 Å². The van der Waals surface area contributed by atoms with Crippen molar-refractivity contribution in [2.75, 3.05) is 0 Å². The highest BCUT2D eigenvalue weighted by molar-refractivity contribution is 6.42. The number of aromatic nitrogens is 4. The summed E-state index contributed by atoms with van der Waals surface area (Å²) >= 11 is 12.0. The number of aryl methyl sites for hydroxylation is 1. The van der Waals surface area contributed by atoms with Crippen LogP contribution in [0.3, 0.4) is 0 Å². The van der Waals surface area contributed by atoms with Crippen molar-refractivity contribution in [3.63, 3.8) is 0 Å². The Labute approximate surface area is 102 Å². The van der Waals surface area contributed by atoms with E-state index < -0.39 is 0 Å². The summed E-state index contributed by atoms with van der Waals surface area (Å²) < 4.78 is 1.76. The van der Waals surface area contributed by atoms with Crippen molar-refractivity contribution < 1.29 is 0 Å². The lowest BCUT2D eigenvalue weighted by atomic mass is 10.1. The number of fused-ring (bicyclic) bond motifs is 1. The second kappa shape index (κ2) is 3.71. The van der Waals surface area contributed by atoms with Gasteiger partial charge >= 0.3 is 0 Å². The van der Waals surface area contributed by atoms with Gasteiger partial charge in [0.25, 0.3) is 0 Å². The van der Waals surface area contributed by atoms with Crippen LogP contribution in [0.1, 0.15) is 23.6 Å². The highest BCUT2D eigenvalue weighted by Crippen LogP contribution is 2.38. The number of rotatable bonds is 1. The highest BCUT2D eigenvalue weighted by atomic mass is 35.5. The van der Waals surface area contributed by atoms with E-state index in [9.17, 15) is 0 Å². The van der Waals surface area contributed by atoms with E-state index in [-0.39, 0.29) is 6.04 Å². The summed E-state index contributed by atoms with van der Waals surface area (Å²) in [7, 11) is 0. The van der Waals surface area contributed by atoms with Crippen LogP contribution < -0.4 is 0 Å². The molecule has 0 radical (unpaired) electrons. The lowest BCUT2D eigenvalue weighted by Gasteiger charge is -2.11. The average molecular weight is 255 g/mol. The molecule has 1 aliphatic carbocycles. The van der Waals surface area contributed by atoms with E-state index >= 15 is 0 Å². The van der Waals surface area contributed by atoms with Gasteiger partial charge in [0.2, 0.25) is 0 Å². The average Bonchev–Trinajstić information content (AvgIpc) is 2.87. The van der Waals surface area contributed by atoms with Crippen molar-refractivity contribution in [1.82, 2.24) is 20.2 Å². The van der Waals surface area contributed by atoms with Gasteiger partial charge in [-0.2, -0.15) is 0 Å². The van der Waals surface area contributed by atoms with Gasteiger partial charge in [0.05, 0.1) is 16.1 Å². The first-order valence-corrected chi connectivity index (χ1v) is 5.71. The van der Waals surface area contributed by atoms with Gasteiger partial charge < -0.3 is 0 Å². The molecule has 0 bridgehead atoms. The Balaban J connectivity index is 2.09. The molecule has 0 saturated carbocycles. The molecule has 1 atom stereocenters. The number of nitrogens with zero attached hydrogens (tertiary/aromatic N) is 4. The SMILES string of the molecule is Clc1cc2c(cc1Cl)C(n1cnnn1)CC2. The molecule has 0 saturated heterocycles. The normalized spacial score (nSPS) is 18.8. The van der Waals surface area contributed by atoms with Crippen molar-refractivity contribution in [2.45, 2.75) is 18.9 Å². The van der Waals surface area contributed by atoms with E-state index in [2.05, 4.69) is 15.5 Å². The first-order chi connectivity index (χ1) is 7.75. The Morgan fingerprint density at radius 3 is 2.81 bits per heavy atom. The molecule has 16 heavy (non-hydrogen) atoms. The third-order valence-corrected chi connectivity index (χ3v) is 3.63. The molecule has 3 rings (SSSR count). The Morgan fingerprint density at radius 1 is 1.25 bits per heavy atom. The standard InChI is InChI=1S/C10H8Cl2N4/c11-8-3-6-1-2-10(7(6)4-9(8)12)16-5-13-14-15-16/h3-5,10H,1-2H2. The number of hydrogen-bond acceptors (Lipinski definition) is 3. The van der Waals surface area contributed by atoms with Crippen LogP contribution in [-0.4, -0.2) is 20.2 Å². The first kappa shape index (κ1) is 10.1. The van der Waals surface area contributed by atoms with Crippen molar-refractivity contribution >= 4 is 23.2 Å². The van der Waals surface area contributed by atoms with Crippen LogP contribution in [0, 0.1) is 0 Å². The molecule has 1 aromatic heterocycles. The van der Waals surface area contributed by atoms with Gasteiger partial charge in [-0.25, -0.2) is 4.68 Å². The number of benzene rings is 1. The quantitative estimate of drug-likeness (QED) is 0.786. The highest BCUT2D eigenvalue weighted by Gasteiger charge is 2.25. The molecule has 0 fully saturated rings. The maximum atomic E-state index is 6.03. The molecule has 0 N–H and O–H groups in total. The van der Waals surface area contributed by atoms with E-state index in [0.717, 1.165) is 12.8 Å². The molecule has 1 aromatic carbocycles. The van der Waals surface area contributed by atoms with Crippen molar-refractivity contribution in [3.05, 3.63) is 39.6 Å². The van der Waals surface area contributed by atoms with Crippen LogP contribution >= 0.6 is 23.2 Å². The minimum absolute atomic E-state index is 0.180. The van der Waals surface area contributed by atoms with Gasteiger partial charge in [-0.05, 0) is 46.5 Å². The second-order valence-corrected chi connectivity index (χ2v) is 4.62. The predicted molar refractivity (Wildman–Crippen MR) is 60.7 cm³/mol. The molecule has 6 heteroatoms. The van der Waals surface area contributed by atoms with Crippen LogP contribution in [-0.2, 0) is 6.42 Å². The van der Waals surface area contributed by atoms with E-state index in [1.54, 1.807) is 11.0 Å². The van der Waals surface area contributed by atoms with Crippen molar-refractivity contribution in [2.24, 2.45) is 0 Å². The second-order valence-electron chi connectivity index (χ2n) is 3.81. The number of tetrazole rings is 1. The van der Waals surface area contributed by atoms with Crippen LogP contribution in [0.5, 0.6) is 0 Å². The first-order valence-electron chi connectivity index (χ1n) is 4.96. The smallest absolute Gasteiger partial charge is 0.138 e. The Kier molecular flexibility index (Phi) is 2.33. The molecule has 1 heterocycles. The number of hydrogen-bond donors (Lipinski definition) is 0. The molecule has 82 valence electrons. The van der Waals surface area contributed by atoms with Gasteiger partial charge in [0.15, 0.2) is 0 Å². The summed E-state index contributed by atoms with van der Waals surface area (Å²) in [6.07, 6.45) is 3.59. The molecule has 1 aliphatic rings. The third-order valence-electron chi connectivity index (χ3n) is 2.91. The van der Waals surface area contributed by atoms with E-state index in [1.807, 2.05) is 12.1 Å². The predicted octanol–water partition coefficient (Wildman–Crippen LogP) is 2.52. The van der Waals surface area contributed by atoms with Gasteiger partial charge in [-0.15, -0.1) is 5.10 Å². The summed E-state index contributed by atoms with van der Waals surface area (Å²) in [6, 6.07) is 4.03. The van der Waals surface area contributed by atoms with Crippen LogP contribution in [0.25, 0.3) is 0 Å². The fourth-order valence-corrected chi connectivity index (χ4v) is 2.52. The Hall–Kier alpha value is -1.13. The summed E-state index contributed by atoms with van der Waals surface area (Å²) in [6.45, 7) is 0. The third kappa shape index (κ3) is 1.49. The zero-order chi connectivity index (χ0) is 11.1. The molecular formula is C10H8Cl2N4. The maximum absolute atomic E-state index is 6.03. The zero-order valence-electron chi connectivity index (χ0n) is 8.27. The Bertz CT molecular complexity index is 524. The molecule has 4 nitrogen and oxygen atoms in total. The van der Waals surface area contributed by atoms with Gasteiger partial charge in [-0.1, -0.05) is 23.2 Å². The van der Waals surface area contributed by atoms with Gasteiger partial charge in [0.1, 0.15) is 6.33 Å². The monoisotopic (exact) mass is 254 g/mol. The lowest BCUT2D eigenvalue weighted by molar-refractivity contribution is 0.504.